The Morgan fingerprint density at radius 3 is 2.74 bits per heavy atom. The molecule has 7 heteroatoms. The van der Waals surface area contributed by atoms with Crippen molar-refractivity contribution in [1.29, 1.82) is 5.26 Å². The van der Waals surface area contributed by atoms with Crippen LogP contribution in [0.2, 0.25) is 5.02 Å². The Hall–Kier alpha value is -1.81. The Labute approximate surface area is 141 Å². The van der Waals surface area contributed by atoms with Gasteiger partial charge in [-0.25, -0.2) is 4.79 Å². The largest absolute Gasteiger partial charge is 0.379 e. The number of hydrogen-bond donors (Lipinski definition) is 2. The highest BCUT2D eigenvalue weighted by Crippen LogP contribution is 2.20. The molecule has 0 saturated carbocycles. The zero-order valence-corrected chi connectivity index (χ0v) is 14.1. The number of carbonyl (C=O) groups excluding carboxylic acids is 1. The number of nitrogens with one attached hydrogen (secondary N) is 2. The number of halogens is 1. The van der Waals surface area contributed by atoms with Gasteiger partial charge in [0.25, 0.3) is 0 Å². The lowest BCUT2D eigenvalue weighted by Gasteiger charge is -2.40. The molecule has 0 radical (unpaired) electrons. The molecule has 0 bridgehead atoms. The predicted octanol–water partition coefficient (Wildman–Crippen LogP) is 2.44. The van der Waals surface area contributed by atoms with Crippen LogP contribution >= 0.6 is 11.6 Å². The Kier molecular flexibility index (Phi) is 5.83. The minimum Gasteiger partial charge on any atom is -0.379 e. The van der Waals surface area contributed by atoms with Crippen LogP contribution in [-0.4, -0.2) is 49.3 Å². The van der Waals surface area contributed by atoms with Crippen molar-refractivity contribution < 1.29 is 9.53 Å². The second-order valence-electron chi connectivity index (χ2n) is 6.03. The number of carbonyl (C=O) groups is 1. The van der Waals surface area contributed by atoms with Crippen molar-refractivity contribution in [3.05, 3.63) is 28.8 Å². The van der Waals surface area contributed by atoms with E-state index in [9.17, 15) is 4.79 Å². The van der Waals surface area contributed by atoms with Gasteiger partial charge in [-0.05, 0) is 32.0 Å². The van der Waals surface area contributed by atoms with Gasteiger partial charge in [-0.2, -0.15) is 5.26 Å². The highest BCUT2D eigenvalue weighted by molar-refractivity contribution is 6.32. The lowest BCUT2D eigenvalue weighted by atomic mass is 10.0. The van der Waals surface area contributed by atoms with E-state index in [-0.39, 0.29) is 11.6 Å². The number of amides is 2. The molecule has 1 fully saturated rings. The van der Waals surface area contributed by atoms with Crippen LogP contribution in [0, 0.1) is 11.3 Å². The Bertz CT molecular complexity index is 607. The minimum absolute atomic E-state index is 0.149. The summed E-state index contributed by atoms with van der Waals surface area (Å²) in [6, 6.07) is 6.47. The van der Waals surface area contributed by atoms with Gasteiger partial charge in [0.05, 0.1) is 23.8 Å². The first-order valence-electron chi connectivity index (χ1n) is 7.50. The summed E-state index contributed by atoms with van der Waals surface area (Å²) < 4.78 is 5.35. The molecule has 0 aromatic heterocycles. The summed E-state index contributed by atoms with van der Waals surface area (Å²) >= 11 is 5.95. The Morgan fingerprint density at radius 1 is 1.43 bits per heavy atom. The number of ether oxygens (including phenoxy) is 1. The molecule has 1 aromatic carbocycles. The van der Waals surface area contributed by atoms with Gasteiger partial charge in [0.15, 0.2) is 0 Å². The van der Waals surface area contributed by atoms with Gasteiger partial charge in [0.1, 0.15) is 6.07 Å². The van der Waals surface area contributed by atoms with Crippen LogP contribution in [0.25, 0.3) is 0 Å². The fourth-order valence-corrected chi connectivity index (χ4v) is 2.66. The SMILES string of the molecule is CC(C)(CNC(=O)Nc1ccc(C#N)c(Cl)c1)N1CCOCC1. The lowest BCUT2D eigenvalue weighted by Crippen LogP contribution is -2.55. The molecule has 1 aromatic rings. The molecule has 2 rings (SSSR count). The fraction of sp³-hybridized carbons (Fsp3) is 0.500. The van der Waals surface area contributed by atoms with Gasteiger partial charge in [-0.1, -0.05) is 11.6 Å². The van der Waals surface area contributed by atoms with Crippen molar-refractivity contribution in [2.45, 2.75) is 19.4 Å². The van der Waals surface area contributed by atoms with E-state index in [1.165, 1.54) is 0 Å². The van der Waals surface area contributed by atoms with Gasteiger partial charge >= 0.3 is 6.03 Å². The molecule has 6 nitrogen and oxygen atoms in total. The van der Waals surface area contributed by atoms with Gasteiger partial charge in [0.2, 0.25) is 0 Å². The monoisotopic (exact) mass is 336 g/mol. The quantitative estimate of drug-likeness (QED) is 0.885. The van der Waals surface area contributed by atoms with Gasteiger partial charge < -0.3 is 15.4 Å². The van der Waals surface area contributed by atoms with Crippen LogP contribution in [0.5, 0.6) is 0 Å². The predicted molar refractivity (Wildman–Crippen MR) is 89.7 cm³/mol. The van der Waals surface area contributed by atoms with E-state index in [2.05, 4.69) is 29.4 Å². The molecule has 1 aliphatic heterocycles. The van der Waals surface area contributed by atoms with Crippen molar-refractivity contribution in [3.63, 3.8) is 0 Å². The molecule has 1 heterocycles. The summed E-state index contributed by atoms with van der Waals surface area (Å²) in [5, 5.41) is 14.8. The van der Waals surface area contributed by atoms with Crippen LogP contribution in [0.1, 0.15) is 19.4 Å². The van der Waals surface area contributed by atoms with E-state index < -0.39 is 0 Å². The molecule has 1 saturated heterocycles. The number of rotatable bonds is 4. The van der Waals surface area contributed by atoms with Crippen molar-refractivity contribution >= 4 is 23.3 Å². The van der Waals surface area contributed by atoms with Crippen LogP contribution in [0.15, 0.2) is 18.2 Å². The fourth-order valence-electron chi connectivity index (χ4n) is 2.44. The van der Waals surface area contributed by atoms with Gasteiger partial charge in [0, 0.05) is 30.9 Å². The molecule has 0 spiro atoms. The van der Waals surface area contributed by atoms with Crippen LogP contribution < -0.4 is 10.6 Å². The van der Waals surface area contributed by atoms with Crippen molar-refractivity contribution in [2.24, 2.45) is 0 Å². The molecular formula is C16H21ClN4O2. The molecule has 2 N–H and O–H groups in total. The van der Waals surface area contributed by atoms with Gasteiger partial charge in [-0.3, -0.25) is 4.90 Å². The van der Waals surface area contributed by atoms with E-state index in [1.54, 1.807) is 18.2 Å². The molecule has 0 aliphatic carbocycles. The topological polar surface area (TPSA) is 77.4 Å². The summed E-state index contributed by atoms with van der Waals surface area (Å²) in [4.78, 5) is 14.3. The highest BCUT2D eigenvalue weighted by Gasteiger charge is 2.28. The first kappa shape index (κ1) is 17.5. The van der Waals surface area contributed by atoms with Gasteiger partial charge in [-0.15, -0.1) is 0 Å². The summed E-state index contributed by atoms with van der Waals surface area (Å²) in [6.45, 7) is 7.87. The molecule has 2 amide bonds. The standard InChI is InChI=1S/C16H21ClN4O2/c1-16(2,21-5-7-23-8-6-21)11-19-15(22)20-13-4-3-12(10-18)14(17)9-13/h3-4,9H,5-8,11H2,1-2H3,(H2,19,20,22). The maximum absolute atomic E-state index is 12.0. The van der Waals surface area contributed by atoms with Crippen molar-refractivity contribution in [1.82, 2.24) is 10.2 Å². The van der Waals surface area contributed by atoms with E-state index in [1.807, 2.05) is 6.07 Å². The normalized spacial score (nSPS) is 15.7. The number of morpholine rings is 1. The molecule has 0 unspecified atom stereocenters. The number of benzene rings is 1. The smallest absolute Gasteiger partial charge is 0.319 e. The third-order valence-corrected chi connectivity index (χ3v) is 4.21. The summed E-state index contributed by atoms with van der Waals surface area (Å²) in [5.41, 5.74) is 0.783. The van der Waals surface area contributed by atoms with Crippen molar-refractivity contribution in [2.75, 3.05) is 38.2 Å². The lowest BCUT2D eigenvalue weighted by molar-refractivity contribution is -0.00863. The number of urea groups is 1. The zero-order chi connectivity index (χ0) is 16.9. The third-order valence-electron chi connectivity index (χ3n) is 3.90. The van der Waals surface area contributed by atoms with E-state index in [4.69, 9.17) is 21.6 Å². The third kappa shape index (κ3) is 4.83. The first-order chi connectivity index (χ1) is 10.9. The number of nitrogens with zero attached hydrogens (tertiary/aromatic N) is 2. The minimum atomic E-state index is -0.299. The summed E-state index contributed by atoms with van der Waals surface area (Å²) in [5.74, 6) is 0. The molecule has 0 atom stereocenters. The molecule has 124 valence electrons. The summed E-state index contributed by atoms with van der Waals surface area (Å²) in [7, 11) is 0. The number of anilines is 1. The molecular weight excluding hydrogens is 316 g/mol. The number of hydrogen-bond acceptors (Lipinski definition) is 4. The van der Waals surface area contributed by atoms with E-state index >= 15 is 0 Å². The van der Waals surface area contributed by atoms with Crippen molar-refractivity contribution in [3.8, 4) is 6.07 Å². The Morgan fingerprint density at radius 2 is 2.13 bits per heavy atom. The van der Waals surface area contributed by atoms with E-state index in [0.717, 1.165) is 26.3 Å². The molecule has 1 aliphatic rings. The summed E-state index contributed by atoms with van der Waals surface area (Å²) in [6.07, 6.45) is 0. The van der Waals surface area contributed by atoms with Crippen LogP contribution in [0.4, 0.5) is 10.5 Å². The zero-order valence-electron chi connectivity index (χ0n) is 13.4. The maximum atomic E-state index is 12.0. The number of nitriles is 1. The van der Waals surface area contributed by atoms with Crippen LogP contribution in [-0.2, 0) is 4.74 Å². The Balaban J connectivity index is 1.87. The van der Waals surface area contributed by atoms with E-state index in [0.29, 0.717) is 22.8 Å². The average molecular weight is 337 g/mol. The molecule has 23 heavy (non-hydrogen) atoms. The first-order valence-corrected chi connectivity index (χ1v) is 7.87. The highest BCUT2D eigenvalue weighted by atomic mass is 35.5. The average Bonchev–Trinajstić information content (AvgIpc) is 2.54. The maximum Gasteiger partial charge on any atom is 0.319 e. The second kappa shape index (κ2) is 7.64. The van der Waals surface area contributed by atoms with Crippen LogP contribution in [0.3, 0.4) is 0 Å². The second-order valence-corrected chi connectivity index (χ2v) is 6.43.